The second-order valence-corrected chi connectivity index (χ2v) is 2.08. The number of carboxylic acids is 1. The Bertz CT molecular complexity index is 138. The van der Waals surface area contributed by atoms with E-state index in [2.05, 4.69) is 0 Å². The summed E-state index contributed by atoms with van der Waals surface area (Å²) >= 11 is 0. The highest BCUT2D eigenvalue weighted by molar-refractivity contribution is 5.85. The Hall–Kier alpha value is -0.990. The SMILES string of the molecule is CC(=CN(C)C)C(=O)O. The van der Waals surface area contributed by atoms with Gasteiger partial charge in [0.2, 0.25) is 0 Å². The van der Waals surface area contributed by atoms with E-state index in [0.29, 0.717) is 5.57 Å². The van der Waals surface area contributed by atoms with Gasteiger partial charge in [0.1, 0.15) is 0 Å². The molecule has 1 N–H and O–H groups in total. The normalized spacial score (nSPS) is 11.2. The van der Waals surface area contributed by atoms with Gasteiger partial charge in [-0.1, -0.05) is 0 Å². The van der Waals surface area contributed by atoms with E-state index >= 15 is 0 Å². The molecule has 0 aliphatic rings. The van der Waals surface area contributed by atoms with Crippen molar-refractivity contribution < 1.29 is 9.90 Å². The summed E-state index contributed by atoms with van der Waals surface area (Å²) in [7, 11) is 3.57. The lowest BCUT2D eigenvalue weighted by atomic mass is 10.3. The average molecular weight is 129 g/mol. The monoisotopic (exact) mass is 129 g/mol. The summed E-state index contributed by atoms with van der Waals surface area (Å²) in [4.78, 5) is 11.8. The Morgan fingerprint density at radius 1 is 1.56 bits per heavy atom. The molecule has 9 heavy (non-hydrogen) atoms. The van der Waals surface area contributed by atoms with Crippen molar-refractivity contribution in [1.82, 2.24) is 4.90 Å². The van der Waals surface area contributed by atoms with Crippen molar-refractivity contribution in [3.63, 3.8) is 0 Å². The van der Waals surface area contributed by atoms with Crippen LogP contribution in [0, 0.1) is 0 Å². The highest BCUT2D eigenvalue weighted by Gasteiger charge is 1.97. The van der Waals surface area contributed by atoms with Crippen LogP contribution in [-0.2, 0) is 4.79 Å². The molecule has 52 valence electrons. The molecular weight excluding hydrogens is 118 g/mol. The fraction of sp³-hybridized carbons (Fsp3) is 0.500. The van der Waals surface area contributed by atoms with E-state index in [1.807, 2.05) is 0 Å². The molecular formula is C6H11NO2. The van der Waals surface area contributed by atoms with Crippen LogP contribution >= 0.6 is 0 Å². The van der Waals surface area contributed by atoms with Crippen molar-refractivity contribution in [3.05, 3.63) is 11.8 Å². The summed E-state index contributed by atoms with van der Waals surface area (Å²) in [6, 6.07) is 0. The first-order chi connectivity index (χ1) is 4.04. The van der Waals surface area contributed by atoms with Crippen LogP contribution in [0.4, 0.5) is 0 Å². The molecule has 0 aliphatic carbocycles. The van der Waals surface area contributed by atoms with Crippen molar-refractivity contribution in [2.45, 2.75) is 6.92 Å². The smallest absolute Gasteiger partial charge is 0.332 e. The van der Waals surface area contributed by atoms with Crippen molar-refractivity contribution in [1.29, 1.82) is 0 Å². The summed E-state index contributed by atoms with van der Waals surface area (Å²) in [6.07, 6.45) is 1.56. The summed E-state index contributed by atoms with van der Waals surface area (Å²) in [5, 5.41) is 8.34. The number of aliphatic carboxylic acids is 1. The third-order valence-electron chi connectivity index (χ3n) is 0.789. The highest BCUT2D eigenvalue weighted by atomic mass is 16.4. The molecule has 3 nitrogen and oxygen atoms in total. The standard InChI is InChI=1S/C6H11NO2/c1-5(6(8)9)4-7(2)3/h4H,1-3H3,(H,8,9). The van der Waals surface area contributed by atoms with E-state index in [1.54, 1.807) is 32.1 Å². The number of hydrogen-bond acceptors (Lipinski definition) is 2. The molecule has 0 saturated carbocycles. The van der Waals surface area contributed by atoms with Gasteiger partial charge in [-0.2, -0.15) is 0 Å². The Labute approximate surface area is 54.6 Å². The van der Waals surface area contributed by atoms with Crippen molar-refractivity contribution in [2.75, 3.05) is 14.1 Å². The number of rotatable bonds is 2. The van der Waals surface area contributed by atoms with Crippen LogP contribution in [0.15, 0.2) is 11.8 Å². The molecule has 0 heterocycles. The minimum absolute atomic E-state index is 0.347. The van der Waals surface area contributed by atoms with Crippen LogP contribution in [-0.4, -0.2) is 30.1 Å². The van der Waals surface area contributed by atoms with Crippen molar-refractivity contribution in [2.24, 2.45) is 0 Å². The predicted molar refractivity (Wildman–Crippen MR) is 35.1 cm³/mol. The highest BCUT2D eigenvalue weighted by Crippen LogP contribution is 1.91. The van der Waals surface area contributed by atoms with Crippen LogP contribution in [0.2, 0.25) is 0 Å². The summed E-state index contributed by atoms with van der Waals surface area (Å²) < 4.78 is 0. The van der Waals surface area contributed by atoms with Crippen molar-refractivity contribution >= 4 is 5.97 Å². The maximum atomic E-state index is 10.1. The van der Waals surface area contributed by atoms with Crippen LogP contribution in [0.3, 0.4) is 0 Å². The van der Waals surface area contributed by atoms with E-state index in [0.717, 1.165) is 0 Å². The van der Waals surface area contributed by atoms with E-state index in [-0.39, 0.29) is 0 Å². The molecule has 0 atom stereocenters. The Morgan fingerprint density at radius 2 is 2.00 bits per heavy atom. The van der Waals surface area contributed by atoms with Crippen LogP contribution in [0.1, 0.15) is 6.92 Å². The molecule has 0 unspecified atom stereocenters. The summed E-state index contributed by atoms with van der Waals surface area (Å²) in [5.74, 6) is -0.872. The molecule has 0 amide bonds. The topological polar surface area (TPSA) is 40.5 Å². The summed E-state index contributed by atoms with van der Waals surface area (Å²) in [6.45, 7) is 1.56. The van der Waals surface area contributed by atoms with Crippen LogP contribution in [0.5, 0.6) is 0 Å². The molecule has 0 bridgehead atoms. The number of hydrogen-bond donors (Lipinski definition) is 1. The minimum Gasteiger partial charge on any atom is -0.478 e. The number of nitrogens with zero attached hydrogens (tertiary/aromatic N) is 1. The molecule has 0 aliphatic heterocycles. The maximum Gasteiger partial charge on any atom is 0.332 e. The first-order valence-electron chi connectivity index (χ1n) is 2.62. The first-order valence-corrected chi connectivity index (χ1v) is 2.62. The molecule has 0 radical (unpaired) electrons. The lowest BCUT2D eigenvalue weighted by molar-refractivity contribution is -0.132. The lowest BCUT2D eigenvalue weighted by Gasteiger charge is -2.03. The van der Waals surface area contributed by atoms with E-state index in [4.69, 9.17) is 5.11 Å². The zero-order valence-electron chi connectivity index (χ0n) is 5.88. The Balaban J connectivity index is 4.00. The molecule has 0 aromatic rings. The van der Waals surface area contributed by atoms with Gasteiger partial charge in [-0.3, -0.25) is 0 Å². The Morgan fingerprint density at radius 3 is 2.11 bits per heavy atom. The lowest BCUT2D eigenvalue weighted by Crippen LogP contribution is -2.06. The van der Waals surface area contributed by atoms with Gasteiger partial charge < -0.3 is 10.0 Å². The zero-order valence-corrected chi connectivity index (χ0v) is 5.88. The van der Waals surface area contributed by atoms with Crippen LogP contribution < -0.4 is 0 Å². The average Bonchev–Trinajstić information content (AvgIpc) is 1.63. The minimum atomic E-state index is -0.872. The molecule has 3 heteroatoms. The second-order valence-electron chi connectivity index (χ2n) is 2.08. The predicted octanol–water partition coefficient (Wildman–Crippen LogP) is 0.536. The van der Waals surface area contributed by atoms with Gasteiger partial charge in [-0.25, -0.2) is 4.79 Å². The van der Waals surface area contributed by atoms with E-state index in [9.17, 15) is 4.79 Å². The number of carboxylic acid groups (broad SMARTS) is 1. The first kappa shape index (κ1) is 8.01. The molecule has 0 rings (SSSR count). The van der Waals surface area contributed by atoms with E-state index < -0.39 is 5.97 Å². The van der Waals surface area contributed by atoms with E-state index in [1.165, 1.54) is 0 Å². The molecule has 0 fully saturated rings. The molecule has 0 aromatic carbocycles. The largest absolute Gasteiger partial charge is 0.478 e. The van der Waals surface area contributed by atoms with Crippen molar-refractivity contribution in [3.8, 4) is 0 Å². The van der Waals surface area contributed by atoms with Crippen LogP contribution in [0.25, 0.3) is 0 Å². The zero-order chi connectivity index (χ0) is 7.44. The molecule has 0 spiro atoms. The third-order valence-corrected chi connectivity index (χ3v) is 0.789. The van der Waals surface area contributed by atoms with Gasteiger partial charge >= 0.3 is 5.97 Å². The molecule has 0 saturated heterocycles. The maximum absolute atomic E-state index is 10.1. The van der Waals surface area contributed by atoms with Gasteiger partial charge in [-0.15, -0.1) is 0 Å². The van der Waals surface area contributed by atoms with Gasteiger partial charge in [0.25, 0.3) is 0 Å². The van der Waals surface area contributed by atoms with Gasteiger partial charge in [0, 0.05) is 25.9 Å². The third kappa shape index (κ3) is 3.58. The fourth-order valence-corrected chi connectivity index (χ4v) is 0.443. The van der Waals surface area contributed by atoms with Gasteiger partial charge in [-0.05, 0) is 6.92 Å². The molecule has 0 aromatic heterocycles. The fourth-order valence-electron chi connectivity index (χ4n) is 0.443. The quantitative estimate of drug-likeness (QED) is 0.553. The summed E-state index contributed by atoms with van der Waals surface area (Å²) in [5.41, 5.74) is 0.347. The van der Waals surface area contributed by atoms with Gasteiger partial charge in [0.05, 0.1) is 0 Å². The van der Waals surface area contributed by atoms with Gasteiger partial charge in [0.15, 0.2) is 0 Å². The number of carbonyl (C=O) groups is 1. The Kier molecular flexibility index (Phi) is 2.78. The second kappa shape index (κ2) is 3.12.